The fraction of sp³-hybridized carbons (Fsp3) is 0.900. The molecule has 0 aromatic rings. The van der Waals surface area contributed by atoms with E-state index < -0.39 is 0 Å². The van der Waals surface area contributed by atoms with Crippen LogP contribution in [0.3, 0.4) is 0 Å². The summed E-state index contributed by atoms with van der Waals surface area (Å²) in [5, 5.41) is 3.57. The maximum atomic E-state index is 12.3. The van der Waals surface area contributed by atoms with E-state index >= 15 is 0 Å². The summed E-state index contributed by atoms with van der Waals surface area (Å²) in [6, 6.07) is 0.0889. The number of amides is 1. The van der Waals surface area contributed by atoms with Gasteiger partial charge in [-0.25, -0.2) is 0 Å². The van der Waals surface area contributed by atoms with Crippen molar-refractivity contribution in [2.75, 3.05) is 53.9 Å². The summed E-state index contributed by atoms with van der Waals surface area (Å²) < 4.78 is 0. The number of hydrogen-bond acceptors (Lipinski definition) is 3. The van der Waals surface area contributed by atoms with Crippen molar-refractivity contribution >= 4 is 35.8 Å². The molecule has 3 fully saturated rings. The zero-order chi connectivity index (χ0) is 18.5. The predicted molar refractivity (Wildman–Crippen MR) is 122 cm³/mol. The van der Waals surface area contributed by atoms with E-state index in [4.69, 9.17) is 0 Å². The van der Waals surface area contributed by atoms with Crippen molar-refractivity contribution in [3.8, 4) is 0 Å². The largest absolute Gasteiger partial charge is 0.356 e. The van der Waals surface area contributed by atoms with Crippen LogP contribution in [0.4, 0.5) is 0 Å². The number of hydrogen-bond donors (Lipinski definition) is 1. The maximum absolute atomic E-state index is 12.3. The first kappa shape index (κ1) is 22.7. The van der Waals surface area contributed by atoms with Crippen molar-refractivity contribution in [3.05, 3.63) is 0 Å². The molecule has 0 spiro atoms. The molecular formula is C20H38IN5O. The monoisotopic (exact) mass is 491 g/mol. The van der Waals surface area contributed by atoms with Gasteiger partial charge >= 0.3 is 0 Å². The van der Waals surface area contributed by atoms with E-state index in [2.05, 4.69) is 20.1 Å². The van der Waals surface area contributed by atoms with Crippen LogP contribution in [0, 0.1) is 11.8 Å². The lowest BCUT2D eigenvalue weighted by molar-refractivity contribution is -0.133. The number of fused-ring (bicyclic) bond motifs is 1. The smallest absolute Gasteiger partial charge is 0.239 e. The van der Waals surface area contributed by atoms with Gasteiger partial charge in [0, 0.05) is 47.3 Å². The van der Waals surface area contributed by atoms with Crippen molar-refractivity contribution in [3.63, 3.8) is 0 Å². The van der Waals surface area contributed by atoms with Crippen LogP contribution in [0.5, 0.6) is 0 Å². The van der Waals surface area contributed by atoms with Crippen molar-refractivity contribution in [1.82, 2.24) is 20.0 Å². The first-order chi connectivity index (χ1) is 12.6. The summed E-state index contributed by atoms with van der Waals surface area (Å²) >= 11 is 0. The van der Waals surface area contributed by atoms with Crippen LogP contribution in [0.1, 0.15) is 44.9 Å². The van der Waals surface area contributed by atoms with E-state index in [-0.39, 0.29) is 35.9 Å². The van der Waals surface area contributed by atoms with Gasteiger partial charge in [-0.3, -0.25) is 14.7 Å². The summed E-state index contributed by atoms with van der Waals surface area (Å²) in [6.07, 6.45) is 8.80. The van der Waals surface area contributed by atoms with Crippen LogP contribution in [0.25, 0.3) is 0 Å². The molecular weight excluding hydrogens is 453 g/mol. The Balaban J connectivity index is 0.00000261. The second-order valence-electron chi connectivity index (χ2n) is 8.46. The Kier molecular flexibility index (Phi) is 9.11. The highest BCUT2D eigenvalue weighted by Gasteiger charge is 2.35. The molecule has 1 N–H and O–H groups in total. The summed E-state index contributed by atoms with van der Waals surface area (Å²) in [6.45, 7) is 5.32. The molecule has 3 unspecified atom stereocenters. The number of carbonyl (C=O) groups excluding carboxylic acids is 1. The van der Waals surface area contributed by atoms with Crippen LogP contribution in [-0.4, -0.2) is 86.5 Å². The molecule has 7 heteroatoms. The van der Waals surface area contributed by atoms with E-state index in [1.54, 1.807) is 4.90 Å². The first-order valence-electron chi connectivity index (χ1n) is 10.5. The Morgan fingerprint density at radius 2 is 1.78 bits per heavy atom. The second-order valence-corrected chi connectivity index (χ2v) is 8.46. The number of halogens is 1. The minimum absolute atomic E-state index is 0. The molecule has 0 aromatic heterocycles. The number of likely N-dealkylation sites (N-methyl/N-ethyl adjacent to an activating group) is 1. The topological polar surface area (TPSA) is 51.2 Å². The molecule has 1 aliphatic carbocycles. The number of likely N-dealkylation sites (tertiary alicyclic amines) is 2. The van der Waals surface area contributed by atoms with Crippen LogP contribution < -0.4 is 5.32 Å². The second kappa shape index (κ2) is 10.8. The van der Waals surface area contributed by atoms with Gasteiger partial charge < -0.3 is 15.1 Å². The SMILES string of the molecule is CN=C(NCCCN1CCCC1C(=O)N(C)C)N1CC2CCCCC2C1.I. The van der Waals surface area contributed by atoms with Crippen LogP contribution in [0.15, 0.2) is 4.99 Å². The molecule has 156 valence electrons. The Bertz CT molecular complexity index is 499. The number of carbonyl (C=O) groups is 1. The van der Waals surface area contributed by atoms with E-state index in [0.717, 1.165) is 56.7 Å². The molecule has 0 bridgehead atoms. The van der Waals surface area contributed by atoms with E-state index in [1.165, 1.54) is 38.8 Å². The zero-order valence-electron chi connectivity index (χ0n) is 17.3. The molecule has 1 saturated carbocycles. The van der Waals surface area contributed by atoms with Gasteiger partial charge in [0.15, 0.2) is 5.96 Å². The Hall–Kier alpha value is -0.570. The van der Waals surface area contributed by atoms with Gasteiger partial charge in [0.1, 0.15) is 0 Å². The van der Waals surface area contributed by atoms with Gasteiger partial charge in [-0.15, -0.1) is 24.0 Å². The number of rotatable bonds is 5. The summed E-state index contributed by atoms with van der Waals surface area (Å²) in [5.74, 6) is 3.09. The van der Waals surface area contributed by atoms with Crippen LogP contribution >= 0.6 is 24.0 Å². The fourth-order valence-electron chi connectivity index (χ4n) is 5.06. The molecule has 2 aliphatic heterocycles. The van der Waals surface area contributed by atoms with Gasteiger partial charge in [-0.2, -0.15) is 0 Å². The van der Waals surface area contributed by atoms with Gasteiger partial charge in [-0.1, -0.05) is 12.8 Å². The standard InChI is InChI=1S/C20H37N5O.HI/c1-21-20(25-14-16-8-4-5-9-17(16)15-25)22-11-7-13-24-12-6-10-18(24)19(26)23(2)3;/h16-18H,4-15H2,1-3H3,(H,21,22);1H. The molecule has 1 amide bonds. The van der Waals surface area contributed by atoms with Crippen molar-refractivity contribution in [1.29, 1.82) is 0 Å². The van der Waals surface area contributed by atoms with Crippen molar-refractivity contribution in [2.45, 2.75) is 51.0 Å². The average Bonchev–Trinajstić information content (AvgIpc) is 3.27. The third kappa shape index (κ3) is 5.71. The zero-order valence-corrected chi connectivity index (χ0v) is 19.7. The molecule has 27 heavy (non-hydrogen) atoms. The Morgan fingerprint density at radius 1 is 1.11 bits per heavy atom. The lowest BCUT2D eigenvalue weighted by Gasteiger charge is -2.26. The third-order valence-electron chi connectivity index (χ3n) is 6.48. The summed E-state index contributed by atoms with van der Waals surface area (Å²) in [5.41, 5.74) is 0. The lowest BCUT2D eigenvalue weighted by atomic mass is 9.82. The fourth-order valence-corrected chi connectivity index (χ4v) is 5.06. The predicted octanol–water partition coefficient (Wildman–Crippen LogP) is 2.24. The first-order valence-corrected chi connectivity index (χ1v) is 10.5. The quantitative estimate of drug-likeness (QED) is 0.278. The summed E-state index contributed by atoms with van der Waals surface area (Å²) in [7, 11) is 5.62. The van der Waals surface area contributed by atoms with E-state index in [1.807, 2.05) is 21.1 Å². The van der Waals surface area contributed by atoms with E-state index in [9.17, 15) is 4.79 Å². The third-order valence-corrected chi connectivity index (χ3v) is 6.48. The van der Waals surface area contributed by atoms with Crippen LogP contribution in [-0.2, 0) is 4.79 Å². The number of guanidine groups is 1. The highest BCUT2D eigenvalue weighted by Crippen LogP contribution is 2.35. The minimum Gasteiger partial charge on any atom is -0.356 e. The molecule has 2 heterocycles. The van der Waals surface area contributed by atoms with E-state index in [0.29, 0.717) is 0 Å². The van der Waals surface area contributed by atoms with Gasteiger partial charge in [-0.05, 0) is 50.5 Å². The molecule has 3 atom stereocenters. The normalized spacial score (nSPS) is 28.6. The lowest BCUT2D eigenvalue weighted by Crippen LogP contribution is -2.44. The molecule has 0 radical (unpaired) electrons. The number of aliphatic imine (C=N–C) groups is 1. The average molecular weight is 491 g/mol. The number of nitrogens with one attached hydrogen (secondary N) is 1. The van der Waals surface area contributed by atoms with Crippen molar-refractivity contribution in [2.24, 2.45) is 16.8 Å². The minimum atomic E-state index is 0. The molecule has 2 saturated heterocycles. The highest BCUT2D eigenvalue weighted by molar-refractivity contribution is 14.0. The molecule has 6 nitrogen and oxygen atoms in total. The molecule has 0 aromatic carbocycles. The Morgan fingerprint density at radius 3 is 2.37 bits per heavy atom. The van der Waals surface area contributed by atoms with Gasteiger partial charge in [0.25, 0.3) is 0 Å². The van der Waals surface area contributed by atoms with Gasteiger partial charge in [0.2, 0.25) is 5.91 Å². The highest BCUT2D eigenvalue weighted by atomic mass is 127. The van der Waals surface area contributed by atoms with Gasteiger partial charge in [0.05, 0.1) is 6.04 Å². The molecule has 3 rings (SSSR count). The Labute approximate surface area is 182 Å². The van der Waals surface area contributed by atoms with Crippen LogP contribution in [0.2, 0.25) is 0 Å². The summed E-state index contributed by atoms with van der Waals surface area (Å²) in [4.78, 5) is 23.4. The number of nitrogens with zero attached hydrogens (tertiary/aromatic N) is 4. The molecule has 3 aliphatic rings. The van der Waals surface area contributed by atoms with Crippen molar-refractivity contribution < 1.29 is 4.79 Å². The maximum Gasteiger partial charge on any atom is 0.239 e.